The van der Waals surface area contributed by atoms with E-state index < -0.39 is 5.91 Å². The van der Waals surface area contributed by atoms with Gasteiger partial charge in [0.15, 0.2) is 5.82 Å². The highest BCUT2D eigenvalue weighted by Crippen LogP contribution is 2.31. The Morgan fingerprint density at radius 2 is 1.97 bits per heavy atom. The van der Waals surface area contributed by atoms with Crippen LogP contribution in [-0.2, 0) is 11.3 Å². The lowest BCUT2D eigenvalue weighted by molar-refractivity contribution is -0.112. The standard InChI is InChI=1S/C26H31N5O2/c1-15(2)14-31-18(6)11-20(19(31)7)12-21(13-27)25(32)28-23-17(5)9-8-10-22(23)26-29-24(16(3)4)30-33-26/h8-12,15-16H,14H2,1-7H3,(H,28,32)/b21-12-. The van der Waals surface area contributed by atoms with Gasteiger partial charge in [-0.3, -0.25) is 4.79 Å². The first kappa shape index (κ1) is 24.0. The number of para-hydroxylation sites is 1. The van der Waals surface area contributed by atoms with E-state index in [2.05, 4.69) is 39.9 Å². The summed E-state index contributed by atoms with van der Waals surface area (Å²) in [5, 5.41) is 16.7. The van der Waals surface area contributed by atoms with E-state index in [-0.39, 0.29) is 11.5 Å². The maximum absolute atomic E-state index is 13.1. The van der Waals surface area contributed by atoms with Crippen molar-refractivity contribution in [3.8, 4) is 17.5 Å². The maximum atomic E-state index is 13.1. The molecule has 3 aromatic rings. The molecule has 2 aromatic heterocycles. The van der Waals surface area contributed by atoms with Crippen molar-refractivity contribution >= 4 is 17.7 Å². The smallest absolute Gasteiger partial charge is 0.266 e. The fraction of sp³-hybridized carbons (Fsp3) is 0.385. The molecule has 3 rings (SSSR count). The van der Waals surface area contributed by atoms with Crippen molar-refractivity contribution in [3.63, 3.8) is 0 Å². The lowest BCUT2D eigenvalue weighted by Crippen LogP contribution is -2.15. The van der Waals surface area contributed by atoms with Crippen molar-refractivity contribution in [1.29, 1.82) is 5.26 Å². The van der Waals surface area contributed by atoms with Crippen molar-refractivity contribution < 1.29 is 9.32 Å². The van der Waals surface area contributed by atoms with Crippen LogP contribution in [0.5, 0.6) is 0 Å². The molecule has 0 saturated heterocycles. The Morgan fingerprint density at radius 3 is 2.58 bits per heavy atom. The number of hydrogen-bond donors (Lipinski definition) is 1. The van der Waals surface area contributed by atoms with Crippen LogP contribution in [0, 0.1) is 38.0 Å². The molecule has 0 unspecified atom stereocenters. The van der Waals surface area contributed by atoms with Gasteiger partial charge in [0.25, 0.3) is 11.8 Å². The van der Waals surface area contributed by atoms with Crippen LogP contribution in [0.25, 0.3) is 17.5 Å². The van der Waals surface area contributed by atoms with E-state index in [9.17, 15) is 10.1 Å². The van der Waals surface area contributed by atoms with Gasteiger partial charge in [0.2, 0.25) is 0 Å². The summed E-state index contributed by atoms with van der Waals surface area (Å²) in [7, 11) is 0. The number of aryl methyl sites for hydroxylation is 2. The van der Waals surface area contributed by atoms with E-state index in [1.807, 2.05) is 58.9 Å². The second-order valence-corrected chi connectivity index (χ2v) is 9.06. The van der Waals surface area contributed by atoms with Gasteiger partial charge in [-0.15, -0.1) is 0 Å². The van der Waals surface area contributed by atoms with Crippen LogP contribution in [0.15, 0.2) is 34.4 Å². The highest BCUT2D eigenvalue weighted by Gasteiger charge is 2.20. The number of carbonyl (C=O) groups excluding carboxylic acids is 1. The number of nitrogens with zero attached hydrogens (tertiary/aromatic N) is 4. The number of aromatic nitrogens is 3. The fourth-order valence-electron chi connectivity index (χ4n) is 3.70. The van der Waals surface area contributed by atoms with Crippen LogP contribution in [0.1, 0.15) is 62.0 Å². The van der Waals surface area contributed by atoms with Gasteiger partial charge in [-0.1, -0.05) is 45.0 Å². The molecule has 0 saturated carbocycles. The molecule has 0 bridgehead atoms. The molecule has 1 N–H and O–H groups in total. The topological polar surface area (TPSA) is 96.7 Å². The molecule has 0 aliphatic rings. The summed E-state index contributed by atoms with van der Waals surface area (Å²) < 4.78 is 7.65. The second-order valence-electron chi connectivity index (χ2n) is 9.06. The lowest BCUT2D eigenvalue weighted by atomic mass is 10.1. The Balaban J connectivity index is 1.94. The largest absolute Gasteiger partial charge is 0.348 e. The van der Waals surface area contributed by atoms with Crippen LogP contribution >= 0.6 is 0 Å². The highest BCUT2D eigenvalue weighted by atomic mass is 16.5. The van der Waals surface area contributed by atoms with Crippen molar-refractivity contribution in [3.05, 3.63) is 58.2 Å². The van der Waals surface area contributed by atoms with Gasteiger partial charge in [-0.25, -0.2) is 0 Å². The molecule has 1 amide bonds. The van der Waals surface area contributed by atoms with Gasteiger partial charge in [0.05, 0.1) is 11.3 Å². The van der Waals surface area contributed by atoms with Crippen LogP contribution in [-0.4, -0.2) is 20.6 Å². The predicted molar refractivity (Wildman–Crippen MR) is 130 cm³/mol. The number of nitriles is 1. The van der Waals surface area contributed by atoms with Gasteiger partial charge >= 0.3 is 0 Å². The zero-order valence-electron chi connectivity index (χ0n) is 20.4. The molecule has 0 aliphatic carbocycles. The Kier molecular flexibility index (Phi) is 7.17. The van der Waals surface area contributed by atoms with E-state index >= 15 is 0 Å². The minimum atomic E-state index is -0.481. The monoisotopic (exact) mass is 445 g/mol. The summed E-state index contributed by atoms with van der Waals surface area (Å²) >= 11 is 0. The van der Waals surface area contributed by atoms with Gasteiger partial charge in [-0.05, 0) is 56.0 Å². The van der Waals surface area contributed by atoms with Gasteiger partial charge in [0, 0.05) is 23.9 Å². The van der Waals surface area contributed by atoms with E-state index in [0.29, 0.717) is 28.9 Å². The third kappa shape index (κ3) is 5.23. The molecule has 7 heteroatoms. The molecule has 172 valence electrons. The summed E-state index contributed by atoms with van der Waals surface area (Å²) in [6, 6.07) is 9.62. The van der Waals surface area contributed by atoms with E-state index in [4.69, 9.17) is 4.52 Å². The van der Waals surface area contributed by atoms with Gasteiger partial charge in [0.1, 0.15) is 11.6 Å². The maximum Gasteiger partial charge on any atom is 0.266 e. The van der Waals surface area contributed by atoms with Crippen molar-refractivity contribution in [1.82, 2.24) is 14.7 Å². The number of nitrogens with one attached hydrogen (secondary N) is 1. The second kappa shape index (κ2) is 9.86. The number of rotatable bonds is 7. The Hall–Kier alpha value is -3.66. The minimum Gasteiger partial charge on any atom is -0.348 e. The Labute approximate surface area is 195 Å². The predicted octanol–water partition coefficient (Wildman–Crippen LogP) is 5.79. The third-order valence-electron chi connectivity index (χ3n) is 5.53. The summed E-state index contributed by atoms with van der Waals surface area (Å²) in [5.41, 5.74) is 5.03. The number of benzene rings is 1. The highest BCUT2D eigenvalue weighted by molar-refractivity contribution is 6.11. The summed E-state index contributed by atoms with van der Waals surface area (Å²) in [6.07, 6.45) is 1.65. The molecule has 33 heavy (non-hydrogen) atoms. The average Bonchev–Trinajstić information content (AvgIpc) is 3.34. The Bertz CT molecular complexity index is 1240. The molecule has 7 nitrogen and oxygen atoms in total. The van der Waals surface area contributed by atoms with Crippen molar-refractivity contribution in [2.24, 2.45) is 5.92 Å². The molecule has 0 radical (unpaired) electrons. The molecule has 0 spiro atoms. The molecule has 1 aromatic carbocycles. The molecule has 2 heterocycles. The molecule has 0 atom stereocenters. The van der Waals surface area contributed by atoms with Crippen molar-refractivity contribution in [2.75, 3.05) is 5.32 Å². The number of carbonyl (C=O) groups is 1. The van der Waals surface area contributed by atoms with Gasteiger partial charge in [-0.2, -0.15) is 10.2 Å². The van der Waals surface area contributed by atoms with E-state index in [0.717, 1.165) is 29.1 Å². The summed E-state index contributed by atoms with van der Waals surface area (Å²) in [6.45, 7) is 15.1. The van der Waals surface area contributed by atoms with Crippen LogP contribution < -0.4 is 5.32 Å². The first-order chi connectivity index (χ1) is 15.6. The summed E-state index contributed by atoms with van der Waals surface area (Å²) in [4.78, 5) is 17.6. The van der Waals surface area contributed by atoms with E-state index in [1.165, 1.54) is 0 Å². The fourth-order valence-corrected chi connectivity index (χ4v) is 3.70. The zero-order chi connectivity index (χ0) is 24.3. The molecule has 0 fully saturated rings. The van der Waals surface area contributed by atoms with E-state index in [1.54, 1.807) is 6.08 Å². The number of amides is 1. The SMILES string of the molecule is Cc1cccc(-c2nc(C(C)C)no2)c1NC(=O)/C(C#N)=C\c1cc(C)n(CC(C)C)c1C. The zero-order valence-corrected chi connectivity index (χ0v) is 20.4. The van der Waals surface area contributed by atoms with Crippen LogP contribution in [0.4, 0.5) is 5.69 Å². The first-order valence-electron chi connectivity index (χ1n) is 11.2. The summed E-state index contributed by atoms with van der Waals surface area (Å²) in [5.74, 6) is 1.06. The van der Waals surface area contributed by atoms with Crippen LogP contribution in [0.2, 0.25) is 0 Å². The normalized spacial score (nSPS) is 11.8. The average molecular weight is 446 g/mol. The first-order valence-corrected chi connectivity index (χ1v) is 11.2. The number of hydrogen-bond acceptors (Lipinski definition) is 5. The molecule has 0 aliphatic heterocycles. The van der Waals surface area contributed by atoms with Crippen LogP contribution in [0.3, 0.4) is 0 Å². The molecular weight excluding hydrogens is 414 g/mol. The number of anilines is 1. The quantitative estimate of drug-likeness (QED) is 0.367. The third-order valence-corrected chi connectivity index (χ3v) is 5.53. The lowest BCUT2D eigenvalue weighted by Gasteiger charge is -2.12. The Morgan fingerprint density at radius 1 is 1.24 bits per heavy atom. The minimum absolute atomic E-state index is 0.0300. The molecular formula is C26H31N5O2. The van der Waals surface area contributed by atoms with Crippen molar-refractivity contribution in [2.45, 2.75) is 60.9 Å². The van der Waals surface area contributed by atoms with Gasteiger partial charge < -0.3 is 14.4 Å².